The minimum absolute atomic E-state index is 0.00963. The molecule has 0 bridgehead atoms. The Labute approximate surface area is 115 Å². The SMILES string of the molecule is CN1CCN(CCCCNC(=O)c2ccc[nH]2)CC1. The van der Waals surface area contributed by atoms with Gasteiger partial charge in [0.05, 0.1) is 0 Å². The van der Waals surface area contributed by atoms with Gasteiger partial charge in [-0.3, -0.25) is 4.79 Å². The number of rotatable bonds is 6. The summed E-state index contributed by atoms with van der Waals surface area (Å²) in [6.07, 6.45) is 3.95. The number of hydrogen-bond donors (Lipinski definition) is 2. The van der Waals surface area contributed by atoms with Crippen LogP contribution in [0.1, 0.15) is 23.3 Å². The van der Waals surface area contributed by atoms with E-state index in [0.29, 0.717) is 5.69 Å². The predicted octanol–water partition coefficient (Wildman–Crippen LogP) is 0.772. The van der Waals surface area contributed by atoms with Gasteiger partial charge in [-0.05, 0) is 38.6 Å². The molecule has 1 aromatic rings. The maximum Gasteiger partial charge on any atom is 0.267 e. The number of unbranched alkanes of at least 4 members (excludes halogenated alkanes) is 1. The van der Waals surface area contributed by atoms with Gasteiger partial charge in [-0.1, -0.05) is 0 Å². The molecule has 0 atom stereocenters. The number of carbonyl (C=O) groups is 1. The third-order valence-electron chi connectivity index (χ3n) is 3.63. The van der Waals surface area contributed by atoms with Crippen LogP contribution < -0.4 is 5.32 Å². The number of amides is 1. The molecule has 19 heavy (non-hydrogen) atoms. The van der Waals surface area contributed by atoms with Crippen LogP contribution in [0.25, 0.3) is 0 Å². The Morgan fingerprint density at radius 2 is 2.11 bits per heavy atom. The van der Waals surface area contributed by atoms with E-state index >= 15 is 0 Å². The number of aromatic amines is 1. The van der Waals surface area contributed by atoms with Crippen LogP contribution >= 0.6 is 0 Å². The Kier molecular flexibility index (Phi) is 5.42. The van der Waals surface area contributed by atoms with Crippen LogP contribution in [0, 0.1) is 0 Å². The van der Waals surface area contributed by atoms with E-state index in [1.54, 1.807) is 12.3 Å². The lowest BCUT2D eigenvalue weighted by Gasteiger charge is -2.32. The number of aromatic nitrogens is 1. The van der Waals surface area contributed by atoms with Crippen LogP contribution in [0.2, 0.25) is 0 Å². The highest BCUT2D eigenvalue weighted by molar-refractivity contribution is 5.92. The Balaban J connectivity index is 1.51. The summed E-state index contributed by atoms with van der Waals surface area (Å²) in [4.78, 5) is 19.4. The average Bonchev–Trinajstić information content (AvgIpc) is 2.94. The molecule has 0 aromatic carbocycles. The van der Waals surface area contributed by atoms with Gasteiger partial charge in [-0.15, -0.1) is 0 Å². The van der Waals surface area contributed by atoms with Crippen molar-refractivity contribution in [3.63, 3.8) is 0 Å². The van der Waals surface area contributed by atoms with Crippen LogP contribution in [0.5, 0.6) is 0 Å². The normalized spacial score (nSPS) is 17.5. The Morgan fingerprint density at radius 3 is 2.79 bits per heavy atom. The Hall–Kier alpha value is -1.33. The van der Waals surface area contributed by atoms with Gasteiger partial charge in [-0.25, -0.2) is 0 Å². The summed E-state index contributed by atoms with van der Waals surface area (Å²) in [5, 5.41) is 2.93. The third-order valence-corrected chi connectivity index (χ3v) is 3.63. The van der Waals surface area contributed by atoms with Crippen molar-refractivity contribution in [1.82, 2.24) is 20.1 Å². The van der Waals surface area contributed by atoms with Gasteiger partial charge in [0.15, 0.2) is 0 Å². The van der Waals surface area contributed by atoms with Crippen LogP contribution in [0.3, 0.4) is 0 Å². The second kappa shape index (κ2) is 7.31. The third kappa shape index (κ3) is 4.69. The molecule has 5 heteroatoms. The van der Waals surface area contributed by atoms with E-state index in [1.165, 1.54) is 26.2 Å². The molecule has 1 aliphatic heterocycles. The van der Waals surface area contributed by atoms with Crippen molar-refractivity contribution in [3.8, 4) is 0 Å². The molecular formula is C14H24N4O. The predicted molar refractivity (Wildman–Crippen MR) is 76.3 cm³/mol. The maximum absolute atomic E-state index is 11.6. The largest absolute Gasteiger partial charge is 0.357 e. The molecule has 0 aliphatic carbocycles. The van der Waals surface area contributed by atoms with Gasteiger partial charge in [0.2, 0.25) is 0 Å². The van der Waals surface area contributed by atoms with Crippen molar-refractivity contribution in [2.75, 3.05) is 46.3 Å². The van der Waals surface area contributed by atoms with E-state index in [9.17, 15) is 4.79 Å². The van der Waals surface area contributed by atoms with Crippen molar-refractivity contribution < 1.29 is 4.79 Å². The van der Waals surface area contributed by atoms with Crippen molar-refractivity contribution in [2.24, 2.45) is 0 Å². The summed E-state index contributed by atoms with van der Waals surface area (Å²) in [5.74, 6) is -0.00963. The minimum atomic E-state index is -0.00963. The summed E-state index contributed by atoms with van der Waals surface area (Å²) in [7, 11) is 2.17. The number of piperazine rings is 1. The number of likely N-dealkylation sites (N-methyl/N-ethyl adjacent to an activating group) is 1. The van der Waals surface area contributed by atoms with Crippen molar-refractivity contribution >= 4 is 5.91 Å². The van der Waals surface area contributed by atoms with Crippen LogP contribution in [-0.2, 0) is 0 Å². The fourth-order valence-electron chi connectivity index (χ4n) is 2.30. The van der Waals surface area contributed by atoms with Gasteiger partial charge < -0.3 is 20.1 Å². The molecule has 106 valence electrons. The molecular weight excluding hydrogens is 240 g/mol. The number of hydrogen-bond acceptors (Lipinski definition) is 3. The fraction of sp³-hybridized carbons (Fsp3) is 0.643. The van der Waals surface area contributed by atoms with Gasteiger partial charge >= 0.3 is 0 Å². The van der Waals surface area contributed by atoms with Gasteiger partial charge in [-0.2, -0.15) is 0 Å². The standard InChI is InChI=1S/C14H24N4O/c1-17-9-11-18(12-10-17)8-3-2-6-16-14(19)13-5-4-7-15-13/h4-5,7,15H,2-3,6,8-12H2,1H3,(H,16,19). The average molecular weight is 264 g/mol. The molecule has 1 aromatic heterocycles. The first kappa shape index (κ1) is 14.1. The summed E-state index contributed by atoms with van der Waals surface area (Å²) in [5.41, 5.74) is 0.638. The maximum atomic E-state index is 11.6. The summed E-state index contributed by atoms with van der Waals surface area (Å²) < 4.78 is 0. The molecule has 1 amide bonds. The molecule has 2 heterocycles. The van der Waals surface area contributed by atoms with E-state index in [-0.39, 0.29) is 5.91 Å². The Morgan fingerprint density at radius 1 is 1.32 bits per heavy atom. The lowest BCUT2D eigenvalue weighted by molar-refractivity contribution is 0.0947. The van der Waals surface area contributed by atoms with Gasteiger partial charge in [0, 0.05) is 38.9 Å². The lowest BCUT2D eigenvalue weighted by Crippen LogP contribution is -2.44. The fourth-order valence-corrected chi connectivity index (χ4v) is 2.30. The second-order valence-electron chi connectivity index (χ2n) is 5.19. The van der Waals surface area contributed by atoms with Gasteiger partial charge in [0.1, 0.15) is 5.69 Å². The summed E-state index contributed by atoms with van der Waals surface area (Å²) in [6, 6.07) is 3.63. The molecule has 2 rings (SSSR count). The lowest BCUT2D eigenvalue weighted by atomic mass is 10.2. The Bertz CT molecular complexity index is 369. The molecule has 2 N–H and O–H groups in total. The van der Waals surface area contributed by atoms with E-state index in [1.807, 2.05) is 6.07 Å². The highest BCUT2D eigenvalue weighted by Crippen LogP contribution is 2.01. The van der Waals surface area contributed by atoms with Crippen LogP contribution in [0.4, 0.5) is 0 Å². The van der Waals surface area contributed by atoms with E-state index in [4.69, 9.17) is 0 Å². The minimum Gasteiger partial charge on any atom is -0.357 e. The molecule has 0 unspecified atom stereocenters. The number of nitrogens with zero attached hydrogens (tertiary/aromatic N) is 2. The first-order valence-electron chi connectivity index (χ1n) is 7.08. The summed E-state index contributed by atoms with van der Waals surface area (Å²) >= 11 is 0. The highest BCUT2D eigenvalue weighted by atomic mass is 16.1. The number of carbonyl (C=O) groups excluding carboxylic acids is 1. The molecule has 0 spiro atoms. The quantitative estimate of drug-likeness (QED) is 0.746. The number of H-pyrrole nitrogens is 1. The smallest absolute Gasteiger partial charge is 0.267 e. The van der Waals surface area contributed by atoms with Gasteiger partial charge in [0.25, 0.3) is 5.91 Å². The number of nitrogens with one attached hydrogen (secondary N) is 2. The van der Waals surface area contributed by atoms with Crippen molar-refractivity contribution in [1.29, 1.82) is 0 Å². The van der Waals surface area contributed by atoms with Crippen LogP contribution in [0.15, 0.2) is 18.3 Å². The van der Waals surface area contributed by atoms with E-state index in [0.717, 1.165) is 25.9 Å². The monoisotopic (exact) mass is 264 g/mol. The van der Waals surface area contributed by atoms with E-state index in [2.05, 4.69) is 27.1 Å². The van der Waals surface area contributed by atoms with E-state index < -0.39 is 0 Å². The molecule has 5 nitrogen and oxygen atoms in total. The first-order chi connectivity index (χ1) is 9.25. The van der Waals surface area contributed by atoms with Crippen molar-refractivity contribution in [3.05, 3.63) is 24.0 Å². The second-order valence-corrected chi connectivity index (χ2v) is 5.19. The first-order valence-corrected chi connectivity index (χ1v) is 7.08. The molecule has 1 aliphatic rings. The summed E-state index contributed by atoms with van der Waals surface area (Å²) in [6.45, 7) is 6.58. The molecule has 1 saturated heterocycles. The molecule has 0 radical (unpaired) electrons. The van der Waals surface area contributed by atoms with Crippen molar-refractivity contribution in [2.45, 2.75) is 12.8 Å². The zero-order valence-corrected chi connectivity index (χ0v) is 11.7. The molecule has 0 saturated carbocycles. The zero-order chi connectivity index (χ0) is 13.5. The zero-order valence-electron chi connectivity index (χ0n) is 11.7. The van der Waals surface area contributed by atoms with Crippen LogP contribution in [-0.4, -0.2) is 67.0 Å². The topological polar surface area (TPSA) is 51.4 Å². The highest BCUT2D eigenvalue weighted by Gasteiger charge is 2.12. The molecule has 1 fully saturated rings.